The number of rotatable bonds is 1. The van der Waals surface area contributed by atoms with Gasteiger partial charge in [-0.15, -0.1) is 0 Å². The average molecular weight is 192 g/mol. The predicted octanol–water partition coefficient (Wildman–Crippen LogP) is 0.650. The summed E-state index contributed by atoms with van der Waals surface area (Å²) in [6.07, 6.45) is 4.47. The lowest BCUT2D eigenvalue weighted by molar-refractivity contribution is 0.400. The van der Waals surface area contributed by atoms with Gasteiger partial charge in [0.05, 0.1) is 0 Å². The molecule has 4 heteroatoms. The van der Waals surface area contributed by atoms with Crippen LogP contribution in [-0.4, -0.2) is 29.1 Å². The van der Waals surface area contributed by atoms with Crippen molar-refractivity contribution in [3.63, 3.8) is 0 Å². The van der Waals surface area contributed by atoms with Gasteiger partial charge >= 0.3 is 0 Å². The monoisotopic (exact) mass is 192 g/mol. The van der Waals surface area contributed by atoms with Gasteiger partial charge in [-0.05, 0) is 18.4 Å². The van der Waals surface area contributed by atoms with Crippen molar-refractivity contribution in [2.75, 3.05) is 18.0 Å². The maximum absolute atomic E-state index is 5.97. The molecule has 2 rings (SSSR count). The first-order chi connectivity index (χ1) is 6.75. The smallest absolute Gasteiger partial charge is 0.131 e. The molecule has 0 bridgehead atoms. The molecule has 4 nitrogen and oxygen atoms in total. The molecule has 0 saturated carbocycles. The van der Waals surface area contributed by atoms with Gasteiger partial charge in [0.25, 0.3) is 0 Å². The standard InChI is InChI=1S/C10H16N4/c1-8-4-9(11)6-14(5-8)10-2-3-12-7-13-10/h2-3,7-9H,4-6,11H2,1H3. The van der Waals surface area contributed by atoms with Gasteiger partial charge < -0.3 is 10.6 Å². The Balaban J connectivity index is 2.11. The zero-order chi connectivity index (χ0) is 9.97. The van der Waals surface area contributed by atoms with Gasteiger partial charge in [-0.2, -0.15) is 0 Å². The van der Waals surface area contributed by atoms with Crippen LogP contribution in [0.1, 0.15) is 13.3 Å². The van der Waals surface area contributed by atoms with E-state index in [1.54, 1.807) is 12.5 Å². The molecule has 1 aromatic rings. The lowest BCUT2D eigenvalue weighted by Gasteiger charge is -2.35. The van der Waals surface area contributed by atoms with Crippen molar-refractivity contribution in [1.82, 2.24) is 9.97 Å². The maximum atomic E-state index is 5.97. The summed E-state index contributed by atoms with van der Waals surface area (Å²) in [4.78, 5) is 10.4. The Morgan fingerprint density at radius 1 is 1.50 bits per heavy atom. The molecule has 2 unspecified atom stereocenters. The van der Waals surface area contributed by atoms with Crippen molar-refractivity contribution in [1.29, 1.82) is 0 Å². The molecule has 0 spiro atoms. The molecule has 1 aromatic heterocycles. The highest BCUT2D eigenvalue weighted by Gasteiger charge is 2.22. The van der Waals surface area contributed by atoms with Gasteiger partial charge in [-0.3, -0.25) is 0 Å². The van der Waals surface area contributed by atoms with Gasteiger partial charge in [0.15, 0.2) is 0 Å². The number of nitrogens with two attached hydrogens (primary N) is 1. The fourth-order valence-electron chi connectivity index (χ4n) is 2.06. The van der Waals surface area contributed by atoms with Gasteiger partial charge in [0, 0.05) is 25.3 Å². The normalized spacial score (nSPS) is 27.7. The molecule has 14 heavy (non-hydrogen) atoms. The third-order valence-electron chi connectivity index (χ3n) is 2.58. The van der Waals surface area contributed by atoms with Crippen LogP contribution in [0.15, 0.2) is 18.6 Å². The topological polar surface area (TPSA) is 55.0 Å². The number of piperidine rings is 1. The van der Waals surface area contributed by atoms with Gasteiger partial charge in [-0.25, -0.2) is 9.97 Å². The fraction of sp³-hybridized carbons (Fsp3) is 0.600. The molecule has 0 aromatic carbocycles. The summed E-state index contributed by atoms with van der Waals surface area (Å²) in [5, 5.41) is 0. The molecular weight excluding hydrogens is 176 g/mol. The Hall–Kier alpha value is -1.16. The van der Waals surface area contributed by atoms with Gasteiger partial charge in [0.1, 0.15) is 12.1 Å². The Morgan fingerprint density at radius 3 is 3.00 bits per heavy atom. The molecule has 1 aliphatic heterocycles. The van der Waals surface area contributed by atoms with E-state index in [0.717, 1.165) is 25.3 Å². The molecule has 1 aliphatic rings. The van der Waals surface area contributed by atoms with Crippen LogP contribution in [0.2, 0.25) is 0 Å². The molecule has 0 radical (unpaired) electrons. The van der Waals surface area contributed by atoms with E-state index in [9.17, 15) is 0 Å². The number of hydrogen-bond donors (Lipinski definition) is 1. The Bertz CT molecular complexity index is 277. The Labute approximate surface area is 84.2 Å². The lowest BCUT2D eigenvalue weighted by Crippen LogP contribution is -2.46. The molecule has 76 valence electrons. The van der Waals surface area contributed by atoms with Crippen LogP contribution in [0.4, 0.5) is 5.82 Å². The second-order valence-corrected chi connectivity index (χ2v) is 4.07. The fourth-order valence-corrected chi connectivity index (χ4v) is 2.06. The van der Waals surface area contributed by atoms with Gasteiger partial charge in [0.2, 0.25) is 0 Å². The number of hydrogen-bond acceptors (Lipinski definition) is 4. The molecule has 1 fully saturated rings. The van der Waals surface area contributed by atoms with E-state index in [1.807, 2.05) is 6.07 Å². The van der Waals surface area contributed by atoms with Gasteiger partial charge in [-0.1, -0.05) is 6.92 Å². The molecule has 1 saturated heterocycles. The summed E-state index contributed by atoms with van der Waals surface area (Å²) in [5.74, 6) is 1.63. The first kappa shape index (κ1) is 9.40. The molecule has 0 aliphatic carbocycles. The molecular formula is C10H16N4. The second kappa shape index (κ2) is 3.92. The van der Waals surface area contributed by atoms with Crippen molar-refractivity contribution < 1.29 is 0 Å². The number of nitrogens with zero attached hydrogens (tertiary/aromatic N) is 3. The highest BCUT2D eigenvalue weighted by atomic mass is 15.2. The SMILES string of the molecule is CC1CC(N)CN(c2ccncn2)C1. The van der Waals surface area contributed by atoms with Crippen LogP contribution in [0, 0.1) is 5.92 Å². The van der Waals surface area contributed by atoms with Crippen LogP contribution in [-0.2, 0) is 0 Å². The van der Waals surface area contributed by atoms with Crippen molar-refractivity contribution in [2.45, 2.75) is 19.4 Å². The van der Waals surface area contributed by atoms with E-state index in [4.69, 9.17) is 5.73 Å². The maximum Gasteiger partial charge on any atom is 0.131 e. The van der Waals surface area contributed by atoms with Crippen molar-refractivity contribution in [3.05, 3.63) is 18.6 Å². The lowest BCUT2D eigenvalue weighted by atomic mass is 9.97. The minimum absolute atomic E-state index is 0.272. The minimum Gasteiger partial charge on any atom is -0.355 e. The highest BCUT2D eigenvalue weighted by Crippen LogP contribution is 2.19. The Morgan fingerprint density at radius 2 is 2.36 bits per heavy atom. The van der Waals surface area contributed by atoms with E-state index in [0.29, 0.717) is 5.92 Å². The van der Waals surface area contributed by atoms with E-state index in [2.05, 4.69) is 21.8 Å². The van der Waals surface area contributed by atoms with Crippen LogP contribution in [0.3, 0.4) is 0 Å². The third-order valence-corrected chi connectivity index (χ3v) is 2.58. The molecule has 0 amide bonds. The van der Waals surface area contributed by atoms with Crippen LogP contribution < -0.4 is 10.6 Å². The molecule has 2 atom stereocenters. The summed E-state index contributed by atoms with van der Waals surface area (Å²) in [5.41, 5.74) is 5.97. The van der Waals surface area contributed by atoms with Crippen molar-refractivity contribution in [2.24, 2.45) is 11.7 Å². The second-order valence-electron chi connectivity index (χ2n) is 4.07. The Kier molecular flexibility index (Phi) is 2.63. The summed E-state index contributed by atoms with van der Waals surface area (Å²) in [6, 6.07) is 2.21. The molecule has 2 heterocycles. The average Bonchev–Trinajstić information content (AvgIpc) is 2.18. The van der Waals surface area contributed by atoms with Crippen molar-refractivity contribution >= 4 is 5.82 Å². The van der Waals surface area contributed by atoms with Crippen LogP contribution in [0.25, 0.3) is 0 Å². The predicted molar refractivity (Wildman–Crippen MR) is 56.0 cm³/mol. The van der Waals surface area contributed by atoms with E-state index in [1.165, 1.54) is 0 Å². The van der Waals surface area contributed by atoms with Crippen molar-refractivity contribution in [3.8, 4) is 0 Å². The highest BCUT2D eigenvalue weighted by molar-refractivity contribution is 5.37. The zero-order valence-corrected chi connectivity index (χ0v) is 8.43. The molecule has 2 N–H and O–H groups in total. The van der Waals surface area contributed by atoms with E-state index in [-0.39, 0.29) is 6.04 Å². The van der Waals surface area contributed by atoms with Crippen LogP contribution >= 0.6 is 0 Å². The minimum atomic E-state index is 0.272. The summed E-state index contributed by atoms with van der Waals surface area (Å²) in [7, 11) is 0. The number of anilines is 1. The van der Waals surface area contributed by atoms with E-state index < -0.39 is 0 Å². The van der Waals surface area contributed by atoms with E-state index >= 15 is 0 Å². The summed E-state index contributed by atoms with van der Waals surface area (Å²) in [6.45, 7) is 4.18. The first-order valence-electron chi connectivity index (χ1n) is 5.02. The summed E-state index contributed by atoms with van der Waals surface area (Å²) >= 11 is 0. The zero-order valence-electron chi connectivity index (χ0n) is 8.43. The summed E-state index contributed by atoms with van der Waals surface area (Å²) < 4.78 is 0. The quantitative estimate of drug-likeness (QED) is 0.710. The third kappa shape index (κ3) is 2.01. The number of aromatic nitrogens is 2. The first-order valence-corrected chi connectivity index (χ1v) is 5.02. The largest absolute Gasteiger partial charge is 0.355 e. The van der Waals surface area contributed by atoms with Crippen LogP contribution in [0.5, 0.6) is 0 Å².